The third-order valence-electron chi connectivity index (χ3n) is 4.28. The van der Waals surface area contributed by atoms with Crippen molar-refractivity contribution >= 4 is 17.5 Å². The molecule has 0 spiro atoms. The van der Waals surface area contributed by atoms with E-state index >= 15 is 0 Å². The molecule has 168 valence electrons. The lowest BCUT2D eigenvalue weighted by Gasteiger charge is -2.16. The van der Waals surface area contributed by atoms with E-state index in [1.54, 1.807) is 24.3 Å². The van der Waals surface area contributed by atoms with E-state index in [2.05, 4.69) is 20.6 Å². The molecule has 0 unspecified atom stereocenters. The van der Waals surface area contributed by atoms with Gasteiger partial charge in [-0.25, -0.2) is 4.98 Å². The number of methoxy groups -OCH3 is 2. The zero-order valence-electron chi connectivity index (χ0n) is 17.3. The first-order chi connectivity index (χ1) is 15.3. The molecule has 3 rings (SSSR count). The number of aromatic nitrogens is 2. The molecule has 0 aliphatic carbocycles. The summed E-state index contributed by atoms with van der Waals surface area (Å²) in [6.45, 7) is 0. The van der Waals surface area contributed by atoms with Crippen molar-refractivity contribution in [2.75, 3.05) is 26.6 Å². The van der Waals surface area contributed by atoms with Crippen LogP contribution in [0.5, 0.6) is 23.1 Å². The number of rotatable bonds is 7. The summed E-state index contributed by atoms with van der Waals surface area (Å²) in [4.78, 5) is 19.7. The maximum Gasteiger partial charge on any atom is 0.423 e. The maximum absolute atomic E-state index is 13.6. The molecule has 3 aromatic rings. The minimum Gasteiger partial charge on any atom is -0.497 e. The van der Waals surface area contributed by atoms with Crippen molar-refractivity contribution in [1.29, 1.82) is 0 Å². The van der Waals surface area contributed by atoms with Crippen LogP contribution in [0, 0.1) is 0 Å². The van der Waals surface area contributed by atoms with Crippen molar-refractivity contribution in [3.05, 3.63) is 59.8 Å². The van der Waals surface area contributed by atoms with Crippen LogP contribution in [0.15, 0.2) is 48.7 Å². The summed E-state index contributed by atoms with van der Waals surface area (Å²) in [6.07, 6.45) is -4.19. The summed E-state index contributed by atoms with van der Waals surface area (Å²) >= 11 is 0. The fraction of sp³-hybridized carbons (Fsp3) is 0.190. The van der Waals surface area contributed by atoms with E-state index in [0.717, 1.165) is 0 Å². The minimum absolute atomic E-state index is 0.0470. The lowest BCUT2D eigenvalue weighted by atomic mass is 10.2. The minimum atomic E-state index is -4.79. The van der Waals surface area contributed by atoms with Gasteiger partial charge in [-0.1, -0.05) is 12.1 Å². The Hall–Kier alpha value is -4.02. The normalized spacial score (nSPS) is 10.9. The summed E-state index contributed by atoms with van der Waals surface area (Å²) in [5.41, 5.74) is -0.790. The molecule has 0 saturated heterocycles. The second-order valence-corrected chi connectivity index (χ2v) is 6.28. The summed E-state index contributed by atoms with van der Waals surface area (Å²) < 4.78 is 56.5. The van der Waals surface area contributed by atoms with Gasteiger partial charge in [-0.05, 0) is 24.3 Å². The van der Waals surface area contributed by atoms with Crippen molar-refractivity contribution < 1.29 is 32.2 Å². The number of anilines is 2. The van der Waals surface area contributed by atoms with Crippen LogP contribution in [0.4, 0.5) is 24.8 Å². The van der Waals surface area contributed by atoms with Gasteiger partial charge in [-0.2, -0.15) is 18.2 Å². The van der Waals surface area contributed by atoms with Crippen LogP contribution < -0.4 is 24.8 Å². The number of alkyl halides is 3. The summed E-state index contributed by atoms with van der Waals surface area (Å²) in [5, 5.41) is 5.21. The van der Waals surface area contributed by atoms with Gasteiger partial charge >= 0.3 is 6.18 Å². The molecule has 1 amide bonds. The number of carbonyl (C=O) groups is 1. The number of halogens is 3. The lowest BCUT2D eigenvalue weighted by Crippen LogP contribution is -2.19. The molecule has 0 radical (unpaired) electrons. The van der Waals surface area contributed by atoms with Crippen LogP contribution in [0.2, 0.25) is 0 Å². The molecular formula is C21H19F3N4O4. The van der Waals surface area contributed by atoms with Crippen LogP contribution in [0.1, 0.15) is 15.9 Å². The topological polar surface area (TPSA) is 94.6 Å². The Morgan fingerprint density at radius 2 is 1.78 bits per heavy atom. The van der Waals surface area contributed by atoms with Crippen molar-refractivity contribution in [2.24, 2.45) is 0 Å². The monoisotopic (exact) mass is 448 g/mol. The van der Waals surface area contributed by atoms with E-state index in [-0.39, 0.29) is 17.3 Å². The number of amides is 1. The Balaban J connectivity index is 2.04. The molecule has 0 aliphatic rings. The predicted octanol–water partition coefficient (Wildman–Crippen LogP) is 4.41. The number of hydrogen-bond acceptors (Lipinski definition) is 7. The maximum atomic E-state index is 13.6. The van der Waals surface area contributed by atoms with Gasteiger partial charge in [0.05, 0.1) is 25.5 Å². The van der Waals surface area contributed by atoms with Crippen molar-refractivity contribution in [3.63, 3.8) is 0 Å². The number of ether oxygens (including phenoxy) is 3. The van der Waals surface area contributed by atoms with Gasteiger partial charge in [-0.3, -0.25) is 4.79 Å². The number of nitrogens with one attached hydrogen (secondary N) is 2. The van der Waals surface area contributed by atoms with Gasteiger partial charge in [-0.15, -0.1) is 0 Å². The smallest absolute Gasteiger partial charge is 0.423 e. The number of para-hydroxylation sites is 1. The Kier molecular flexibility index (Phi) is 6.67. The van der Waals surface area contributed by atoms with Crippen molar-refractivity contribution in [1.82, 2.24) is 15.3 Å². The Labute approximate surface area is 181 Å². The van der Waals surface area contributed by atoms with Gasteiger partial charge in [0.1, 0.15) is 22.8 Å². The van der Waals surface area contributed by atoms with E-state index in [4.69, 9.17) is 14.2 Å². The van der Waals surface area contributed by atoms with Gasteiger partial charge in [0.2, 0.25) is 11.8 Å². The average Bonchev–Trinajstić information content (AvgIpc) is 2.78. The number of benzene rings is 2. The largest absolute Gasteiger partial charge is 0.497 e. The number of nitrogens with zero attached hydrogens (tertiary/aromatic N) is 2. The van der Waals surface area contributed by atoms with Gasteiger partial charge < -0.3 is 24.8 Å². The highest BCUT2D eigenvalue weighted by atomic mass is 19.4. The standard InChI is InChI=1S/C21H19F3N4O4/c1-25-18(29)13-6-4-5-7-16(13)32-19-14(21(22,23)24)11-26-20(28-19)27-15-10-12(30-2)8-9-17(15)31-3/h4-11H,1-3H3,(H,25,29)(H,26,27,28). The molecule has 8 nitrogen and oxygen atoms in total. The van der Waals surface area contributed by atoms with E-state index in [1.165, 1.54) is 39.5 Å². The molecule has 0 bridgehead atoms. The first kappa shape index (κ1) is 22.7. The van der Waals surface area contributed by atoms with Crippen LogP contribution in [0.3, 0.4) is 0 Å². The first-order valence-electron chi connectivity index (χ1n) is 9.19. The molecule has 0 atom stereocenters. The van der Waals surface area contributed by atoms with E-state index < -0.39 is 23.5 Å². The molecule has 0 saturated carbocycles. The SMILES string of the molecule is CNC(=O)c1ccccc1Oc1nc(Nc2cc(OC)ccc2OC)ncc1C(F)(F)F. The first-order valence-corrected chi connectivity index (χ1v) is 9.19. The van der Waals surface area contributed by atoms with Gasteiger partial charge in [0.25, 0.3) is 5.91 Å². The average molecular weight is 448 g/mol. The molecule has 2 N–H and O–H groups in total. The predicted molar refractivity (Wildman–Crippen MR) is 110 cm³/mol. The van der Waals surface area contributed by atoms with Gasteiger partial charge in [0.15, 0.2) is 0 Å². The van der Waals surface area contributed by atoms with E-state index in [0.29, 0.717) is 23.4 Å². The number of hydrogen-bond donors (Lipinski definition) is 2. The van der Waals surface area contributed by atoms with Gasteiger partial charge in [0, 0.05) is 19.3 Å². The quantitative estimate of drug-likeness (QED) is 0.553. The second kappa shape index (κ2) is 9.41. The van der Waals surface area contributed by atoms with Crippen molar-refractivity contribution in [3.8, 4) is 23.1 Å². The molecule has 11 heteroatoms. The van der Waals surface area contributed by atoms with Crippen molar-refractivity contribution in [2.45, 2.75) is 6.18 Å². The van der Waals surface area contributed by atoms with Crippen LogP contribution >= 0.6 is 0 Å². The zero-order chi connectivity index (χ0) is 23.3. The van der Waals surface area contributed by atoms with Crippen LogP contribution in [0.25, 0.3) is 0 Å². The Morgan fingerprint density at radius 1 is 1.03 bits per heavy atom. The zero-order valence-corrected chi connectivity index (χ0v) is 17.3. The van der Waals surface area contributed by atoms with E-state index in [1.807, 2.05) is 0 Å². The fourth-order valence-corrected chi connectivity index (χ4v) is 2.71. The molecule has 1 heterocycles. The third-order valence-corrected chi connectivity index (χ3v) is 4.28. The highest BCUT2D eigenvalue weighted by Gasteiger charge is 2.37. The molecule has 32 heavy (non-hydrogen) atoms. The molecular weight excluding hydrogens is 429 g/mol. The summed E-state index contributed by atoms with van der Waals surface area (Å²) in [5.74, 6) is -0.702. The Bertz CT molecular complexity index is 1120. The fourth-order valence-electron chi connectivity index (χ4n) is 2.71. The molecule has 1 aromatic heterocycles. The van der Waals surface area contributed by atoms with E-state index in [9.17, 15) is 18.0 Å². The number of carbonyl (C=O) groups excluding carboxylic acids is 1. The molecule has 0 fully saturated rings. The summed E-state index contributed by atoms with van der Waals surface area (Å²) in [7, 11) is 4.30. The lowest BCUT2D eigenvalue weighted by molar-refractivity contribution is -0.139. The van der Waals surface area contributed by atoms with Crippen LogP contribution in [-0.2, 0) is 6.18 Å². The third kappa shape index (κ3) is 4.99. The Morgan fingerprint density at radius 3 is 2.44 bits per heavy atom. The van der Waals surface area contributed by atoms with Crippen LogP contribution in [-0.4, -0.2) is 37.1 Å². The highest BCUT2D eigenvalue weighted by Crippen LogP contribution is 2.38. The second-order valence-electron chi connectivity index (χ2n) is 6.28. The molecule has 0 aliphatic heterocycles. The molecule has 2 aromatic carbocycles. The highest BCUT2D eigenvalue weighted by molar-refractivity contribution is 5.96. The summed E-state index contributed by atoms with van der Waals surface area (Å²) in [6, 6.07) is 10.7.